The second-order valence-corrected chi connectivity index (χ2v) is 8.75. The van der Waals surface area contributed by atoms with Gasteiger partial charge in [-0.3, -0.25) is 4.90 Å². The third-order valence-corrected chi connectivity index (χ3v) is 6.35. The Kier molecular flexibility index (Phi) is 5.86. The Bertz CT molecular complexity index is 1260. The molecule has 5 rings (SSSR count). The molecule has 3 aromatic rings. The van der Waals surface area contributed by atoms with Crippen molar-refractivity contribution < 1.29 is 13.9 Å². The van der Waals surface area contributed by atoms with Gasteiger partial charge in [-0.1, -0.05) is 23.2 Å². The van der Waals surface area contributed by atoms with Gasteiger partial charge in [0.1, 0.15) is 17.9 Å². The van der Waals surface area contributed by atoms with Crippen LogP contribution >= 0.6 is 23.2 Å². The van der Waals surface area contributed by atoms with Gasteiger partial charge in [-0.05, 0) is 42.8 Å². The summed E-state index contributed by atoms with van der Waals surface area (Å²) in [5.74, 6) is 0.627. The molecule has 1 aromatic heterocycles. The normalized spacial score (nSPS) is 19.8. The molecule has 0 aliphatic carbocycles. The maximum absolute atomic E-state index is 11.7. The molecule has 0 radical (unpaired) electrons. The minimum absolute atomic E-state index is 0.00553. The lowest BCUT2D eigenvalue weighted by Gasteiger charge is -2.33. The average Bonchev–Trinajstić information content (AvgIpc) is 3.12. The summed E-state index contributed by atoms with van der Waals surface area (Å²) in [5.41, 5.74) is 3.95. The van der Waals surface area contributed by atoms with Crippen molar-refractivity contribution in [2.45, 2.75) is 13.0 Å². The molecule has 8 heteroatoms. The molecule has 2 aliphatic rings. The molecule has 166 valence electrons. The second-order valence-electron chi connectivity index (χ2n) is 7.90. The number of benzene rings is 2. The Hall–Kier alpha value is -2.51. The molecule has 1 unspecified atom stereocenters. The van der Waals surface area contributed by atoms with E-state index < -0.39 is 0 Å². The molecule has 0 spiro atoms. The fourth-order valence-electron chi connectivity index (χ4n) is 4.34. The second kappa shape index (κ2) is 8.79. The summed E-state index contributed by atoms with van der Waals surface area (Å²) in [6.45, 7) is 5.23. The van der Waals surface area contributed by atoms with Gasteiger partial charge in [-0.15, -0.1) is 0 Å². The van der Waals surface area contributed by atoms with Crippen molar-refractivity contribution in [1.29, 1.82) is 0 Å². The van der Waals surface area contributed by atoms with E-state index in [1.54, 1.807) is 12.1 Å². The zero-order chi connectivity index (χ0) is 22.2. The van der Waals surface area contributed by atoms with E-state index in [1.807, 2.05) is 31.2 Å². The number of nitrogens with zero attached hydrogens (tertiary/aromatic N) is 1. The first-order chi connectivity index (χ1) is 15.5. The predicted molar refractivity (Wildman–Crippen MR) is 126 cm³/mol. The molecule has 2 aromatic carbocycles. The molecule has 0 saturated carbocycles. The standard InChI is InChI=1S/C24H22Cl2N2O4/c1-14-10-22(29)32-21-13-16(2-3-17(14)21)31-7-4-20-24(28-5-8-30-9-6-28)18-11-15(25)12-19(26)23(18)27-20/h2-4,10-13,24,27H,5-9H2,1H3. The lowest BCUT2D eigenvalue weighted by atomic mass is 10.0. The largest absolute Gasteiger partial charge is 0.489 e. The van der Waals surface area contributed by atoms with Gasteiger partial charge in [0.25, 0.3) is 0 Å². The van der Waals surface area contributed by atoms with Crippen LogP contribution in [-0.2, 0) is 4.74 Å². The lowest BCUT2D eigenvalue weighted by Crippen LogP contribution is -2.39. The molecule has 1 fully saturated rings. The molecule has 6 nitrogen and oxygen atoms in total. The summed E-state index contributed by atoms with van der Waals surface area (Å²) in [6.07, 6.45) is 2.01. The van der Waals surface area contributed by atoms with Crippen LogP contribution in [-0.4, -0.2) is 37.8 Å². The molecule has 0 bridgehead atoms. The Morgan fingerprint density at radius 2 is 2.00 bits per heavy atom. The van der Waals surface area contributed by atoms with E-state index in [-0.39, 0.29) is 11.7 Å². The number of fused-ring (bicyclic) bond motifs is 2. The number of rotatable bonds is 4. The maximum atomic E-state index is 11.7. The Labute approximate surface area is 195 Å². The lowest BCUT2D eigenvalue weighted by molar-refractivity contribution is 0.0243. The van der Waals surface area contributed by atoms with Crippen LogP contribution in [0, 0.1) is 6.92 Å². The molecule has 32 heavy (non-hydrogen) atoms. The Morgan fingerprint density at radius 3 is 2.81 bits per heavy atom. The number of halogens is 2. The van der Waals surface area contributed by atoms with E-state index in [9.17, 15) is 4.79 Å². The highest BCUT2D eigenvalue weighted by Crippen LogP contribution is 2.45. The van der Waals surface area contributed by atoms with Gasteiger partial charge in [-0.2, -0.15) is 0 Å². The third kappa shape index (κ3) is 4.11. The number of aryl methyl sites for hydroxylation is 1. The molecule has 3 heterocycles. The van der Waals surface area contributed by atoms with Crippen LogP contribution in [0.15, 0.2) is 57.4 Å². The Balaban J connectivity index is 1.40. The molecule has 1 N–H and O–H groups in total. The SMILES string of the molecule is Cc1cc(=O)oc2cc(OCC=C3Nc4c(Cl)cc(Cl)cc4C3N3CCOCC3)ccc12. The van der Waals surface area contributed by atoms with Gasteiger partial charge in [0.05, 0.1) is 30.0 Å². The molecule has 1 saturated heterocycles. The molecule has 0 amide bonds. The number of ether oxygens (including phenoxy) is 2. The van der Waals surface area contributed by atoms with Crippen LogP contribution in [0.3, 0.4) is 0 Å². The van der Waals surface area contributed by atoms with E-state index in [1.165, 1.54) is 6.07 Å². The van der Waals surface area contributed by atoms with Crippen molar-refractivity contribution in [2.24, 2.45) is 0 Å². The monoisotopic (exact) mass is 472 g/mol. The van der Waals surface area contributed by atoms with Crippen LogP contribution in [0.1, 0.15) is 17.2 Å². The van der Waals surface area contributed by atoms with Gasteiger partial charge in [-0.25, -0.2) is 4.79 Å². The fraction of sp³-hybridized carbons (Fsp3) is 0.292. The zero-order valence-electron chi connectivity index (χ0n) is 17.5. The molecular formula is C24H22Cl2N2O4. The van der Waals surface area contributed by atoms with Crippen molar-refractivity contribution in [1.82, 2.24) is 4.90 Å². The summed E-state index contributed by atoms with van der Waals surface area (Å²) in [7, 11) is 0. The first-order valence-corrected chi connectivity index (χ1v) is 11.2. The van der Waals surface area contributed by atoms with Crippen molar-refractivity contribution in [3.05, 3.63) is 79.8 Å². The van der Waals surface area contributed by atoms with E-state index in [4.69, 9.17) is 37.1 Å². The van der Waals surface area contributed by atoms with Crippen molar-refractivity contribution >= 4 is 39.9 Å². The van der Waals surface area contributed by atoms with Crippen LogP contribution in [0.25, 0.3) is 11.0 Å². The Morgan fingerprint density at radius 1 is 1.19 bits per heavy atom. The number of morpholine rings is 1. The average molecular weight is 473 g/mol. The zero-order valence-corrected chi connectivity index (χ0v) is 19.0. The number of nitrogens with one attached hydrogen (secondary N) is 1. The van der Waals surface area contributed by atoms with Gasteiger partial charge in [0, 0.05) is 46.9 Å². The van der Waals surface area contributed by atoms with E-state index in [2.05, 4.69) is 10.2 Å². The van der Waals surface area contributed by atoms with Crippen molar-refractivity contribution in [2.75, 3.05) is 38.2 Å². The number of hydrogen-bond acceptors (Lipinski definition) is 6. The summed E-state index contributed by atoms with van der Waals surface area (Å²) < 4.78 is 16.8. The minimum atomic E-state index is -0.369. The highest BCUT2D eigenvalue weighted by molar-refractivity contribution is 6.36. The number of anilines is 1. The van der Waals surface area contributed by atoms with E-state index >= 15 is 0 Å². The van der Waals surface area contributed by atoms with Gasteiger partial charge >= 0.3 is 5.63 Å². The summed E-state index contributed by atoms with van der Waals surface area (Å²) >= 11 is 12.8. The molecule has 2 aliphatic heterocycles. The van der Waals surface area contributed by atoms with Gasteiger partial charge in [0.15, 0.2) is 0 Å². The van der Waals surface area contributed by atoms with Crippen LogP contribution in [0.5, 0.6) is 5.75 Å². The minimum Gasteiger partial charge on any atom is -0.489 e. The fourth-order valence-corrected chi connectivity index (χ4v) is 4.89. The summed E-state index contributed by atoms with van der Waals surface area (Å²) in [4.78, 5) is 14.0. The third-order valence-electron chi connectivity index (χ3n) is 5.83. The smallest absolute Gasteiger partial charge is 0.336 e. The van der Waals surface area contributed by atoms with Gasteiger partial charge in [0.2, 0.25) is 0 Å². The van der Waals surface area contributed by atoms with Crippen LogP contribution in [0.2, 0.25) is 10.0 Å². The summed E-state index contributed by atoms with van der Waals surface area (Å²) in [5, 5.41) is 5.55. The van der Waals surface area contributed by atoms with E-state index in [0.717, 1.165) is 41.0 Å². The first kappa shape index (κ1) is 21.3. The predicted octanol–water partition coefficient (Wildman–Crippen LogP) is 5.17. The first-order valence-electron chi connectivity index (χ1n) is 10.4. The van der Waals surface area contributed by atoms with Crippen molar-refractivity contribution in [3.8, 4) is 5.75 Å². The van der Waals surface area contributed by atoms with Crippen LogP contribution in [0.4, 0.5) is 5.69 Å². The van der Waals surface area contributed by atoms with Crippen molar-refractivity contribution in [3.63, 3.8) is 0 Å². The molecular weight excluding hydrogens is 451 g/mol. The molecule has 1 atom stereocenters. The topological polar surface area (TPSA) is 63.9 Å². The highest BCUT2D eigenvalue weighted by Gasteiger charge is 2.34. The number of hydrogen-bond donors (Lipinski definition) is 1. The maximum Gasteiger partial charge on any atom is 0.336 e. The summed E-state index contributed by atoms with van der Waals surface area (Å²) in [6, 6.07) is 10.7. The van der Waals surface area contributed by atoms with E-state index in [0.29, 0.717) is 41.2 Å². The van der Waals surface area contributed by atoms with Crippen LogP contribution < -0.4 is 15.7 Å². The highest BCUT2D eigenvalue weighted by atomic mass is 35.5. The quantitative estimate of drug-likeness (QED) is 0.528. The van der Waals surface area contributed by atoms with Gasteiger partial charge < -0.3 is 19.2 Å².